The number of halogens is 2. The normalized spacial score (nSPS) is 18.2. The zero-order valence-corrected chi connectivity index (χ0v) is 17.9. The maximum Gasteiger partial charge on any atom is 0.249 e. The molecule has 0 fully saturated rings. The topological polar surface area (TPSA) is 87.6 Å². The van der Waals surface area contributed by atoms with Gasteiger partial charge in [0, 0.05) is 34.2 Å². The third-order valence-electron chi connectivity index (χ3n) is 5.79. The first kappa shape index (κ1) is 21.2. The summed E-state index contributed by atoms with van der Waals surface area (Å²) >= 11 is 6.56. The fourth-order valence-electron chi connectivity index (χ4n) is 4.20. The Balaban J connectivity index is 1.98. The number of benzene rings is 3. The summed E-state index contributed by atoms with van der Waals surface area (Å²) < 4.78 is 27.0. The van der Waals surface area contributed by atoms with Crippen molar-refractivity contribution in [1.82, 2.24) is 0 Å². The van der Waals surface area contributed by atoms with Gasteiger partial charge in [-0.25, -0.2) is 4.39 Å². The van der Waals surface area contributed by atoms with E-state index in [2.05, 4.69) is 0 Å². The number of amides is 1. The number of rotatable bonds is 5. The molecule has 5 nitrogen and oxygen atoms in total. The molecule has 0 saturated heterocycles. The Bertz CT molecular complexity index is 1170. The predicted octanol–water partition coefficient (Wildman–Crippen LogP) is 4.43. The van der Waals surface area contributed by atoms with Gasteiger partial charge in [-0.3, -0.25) is 4.79 Å². The minimum Gasteiger partial charge on any atom is -0.494 e. The van der Waals surface area contributed by atoms with Crippen LogP contribution in [-0.4, -0.2) is 19.1 Å². The summed E-state index contributed by atoms with van der Waals surface area (Å²) in [6.07, 6.45) is 0.342. The van der Waals surface area contributed by atoms with Crippen molar-refractivity contribution in [2.75, 3.05) is 7.11 Å². The molecule has 4 N–H and O–H groups in total. The fraction of sp³-hybridized carbons (Fsp3) is 0.208. The van der Waals surface area contributed by atoms with Crippen molar-refractivity contribution in [3.63, 3.8) is 0 Å². The molecule has 0 saturated carbocycles. The summed E-state index contributed by atoms with van der Waals surface area (Å²) in [5.41, 5.74) is 13.0. The second kappa shape index (κ2) is 7.87. The molecule has 3 aromatic rings. The van der Waals surface area contributed by atoms with Gasteiger partial charge in [0.05, 0.1) is 12.7 Å². The van der Waals surface area contributed by atoms with Crippen LogP contribution in [0.15, 0.2) is 54.6 Å². The quantitative estimate of drug-likeness (QED) is 0.614. The van der Waals surface area contributed by atoms with E-state index >= 15 is 4.39 Å². The third-order valence-corrected chi connectivity index (χ3v) is 6.11. The Hall–Kier alpha value is -3.09. The second-order valence-electron chi connectivity index (χ2n) is 7.59. The van der Waals surface area contributed by atoms with Crippen molar-refractivity contribution < 1.29 is 18.7 Å². The van der Waals surface area contributed by atoms with Crippen molar-refractivity contribution in [2.45, 2.75) is 25.0 Å². The first-order chi connectivity index (χ1) is 14.8. The number of nitrogens with two attached hydrogens (primary N) is 2. The smallest absolute Gasteiger partial charge is 0.249 e. The first-order valence-electron chi connectivity index (χ1n) is 9.78. The van der Waals surface area contributed by atoms with Crippen LogP contribution in [0.2, 0.25) is 5.02 Å². The number of hydrogen-bond acceptors (Lipinski definition) is 4. The number of fused-ring (bicyclic) bond motifs is 1. The highest BCUT2D eigenvalue weighted by atomic mass is 35.5. The summed E-state index contributed by atoms with van der Waals surface area (Å²) in [4.78, 5) is 12.1. The van der Waals surface area contributed by atoms with Gasteiger partial charge in [-0.05, 0) is 36.8 Å². The van der Waals surface area contributed by atoms with E-state index in [9.17, 15) is 4.79 Å². The zero-order chi connectivity index (χ0) is 22.3. The highest BCUT2D eigenvalue weighted by molar-refractivity contribution is 6.34. The van der Waals surface area contributed by atoms with Crippen LogP contribution >= 0.6 is 11.6 Å². The lowest BCUT2D eigenvalue weighted by Crippen LogP contribution is -2.47. The summed E-state index contributed by atoms with van der Waals surface area (Å²) in [6, 6.07) is 15.4. The minimum atomic E-state index is -0.870. The van der Waals surface area contributed by atoms with Crippen LogP contribution in [0.3, 0.4) is 0 Å². The summed E-state index contributed by atoms with van der Waals surface area (Å²) in [7, 11) is 1.35. The van der Waals surface area contributed by atoms with E-state index in [-0.39, 0.29) is 27.9 Å². The maximum absolute atomic E-state index is 15.4. The lowest BCUT2D eigenvalue weighted by molar-refractivity contribution is 0.0686. The molecular formula is C24H22ClFN2O3. The van der Waals surface area contributed by atoms with E-state index in [1.165, 1.54) is 19.2 Å². The van der Waals surface area contributed by atoms with Gasteiger partial charge in [0.25, 0.3) is 0 Å². The molecule has 160 valence electrons. The molecule has 0 bridgehead atoms. The molecule has 0 aromatic heterocycles. The first-order valence-corrected chi connectivity index (χ1v) is 10.2. The molecule has 31 heavy (non-hydrogen) atoms. The average molecular weight is 441 g/mol. The molecule has 2 atom stereocenters. The van der Waals surface area contributed by atoms with Gasteiger partial charge in [-0.1, -0.05) is 41.9 Å². The molecule has 1 heterocycles. The van der Waals surface area contributed by atoms with E-state index in [1.54, 1.807) is 12.1 Å². The molecule has 1 aliphatic heterocycles. The van der Waals surface area contributed by atoms with E-state index in [0.29, 0.717) is 23.3 Å². The molecular weight excluding hydrogens is 419 g/mol. The van der Waals surface area contributed by atoms with Gasteiger partial charge in [0.1, 0.15) is 5.75 Å². The number of ether oxygens (including phenoxy) is 2. The van der Waals surface area contributed by atoms with Gasteiger partial charge in [0.15, 0.2) is 17.2 Å². The highest BCUT2D eigenvalue weighted by Gasteiger charge is 2.46. The number of hydrogen-bond donors (Lipinski definition) is 2. The Morgan fingerprint density at radius 3 is 2.48 bits per heavy atom. The molecule has 1 aliphatic rings. The molecule has 3 aromatic carbocycles. The standard InChI is InChI=1S/C24H22ClFN2O3/c1-13(27)24(14-6-4-3-5-7-14)12-16-18(31-24)11-9-17(25)20(16)21-15(23(28)29)8-10-19(30-2)22(21)26/h3-11,13H,12,27H2,1-2H3,(H2,28,29). The van der Waals surface area contributed by atoms with Crippen molar-refractivity contribution in [3.8, 4) is 22.6 Å². The maximum atomic E-state index is 15.4. The van der Waals surface area contributed by atoms with Crippen molar-refractivity contribution in [3.05, 3.63) is 82.1 Å². The average Bonchev–Trinajstić information content (AvgIpc) is 3.16. The number of methoxy groups -OCH3 is 1. The van der Waals surface area contributed by atoms with Gasteiger partial charge < -0.3 is 20.9 Å². The Kier molecular flexibility index (Phi) is 5.37. The minimum absolute atomic E-state index is 0.00612. The summed E-state index contributed by atoms with van der Waals surface area (Å²) in [6.45, 7) is 1.86. The molecule has 4 rings (SSSR count). The molecule has 7 heteroatoms. The molecule has 2 unspecified atom stereocenters. The monoisotopic (exact) mass is 440 g/mol. The van der Waals surface area contributed by atoms with Crippen LogP contribution in [0.1, 0.15) is 28.4 Å². The Morgan fingerprint density at radius 1 is 1.16 bits per heavy atom. The molecule has 0 spiro atoms. The van der Waals surface area contributed by atoms with Gasteiger partial charge >= 0.3 is 0 Å². The van der Waals surface area contributed by atoms with Crippen molar-refractivity contribution >= 4 is 17.5 Å². The van der Waals surface area contributed by atoms with Crippen LogP contribution in [0.25, 0.3) is 11.1 Å². The van der Waals surface area contributed by atoms with Crippen molar-refractivity contribution in [2.24, 2.45) is 11.5 Å². The zero-order valence-electron chi connectivity index (χ0n) is 17.1. The van der Waals surface area contributed by atoms with Crippen LogP contribution in [-0.2, 0) is 12.0 Å². The van der Waals surface area contributed by atoms with E-state index in [1.807, 2.05) is 37.3 Å². The van der Waals surface area contributed by atoms with E-state index in [4.69, 9.17) is 32.5 Å². The SMILES string of the molecule is COc1ccc(C(N)=O)c(-c2c(Cl)ccc3c2CC(c2ccccc2)(C(C)N)O3)c1F. The van der Waals surface area contributed by atoms with Crippen LogP contribution in [0, 0.1) is 5.82 Å². The van der Waals surface area contributed by atoms with Crippen LogP contribution in [0.5, 0.6) is 11.5 Å². The number of carbonyl (C=O) groups excluding carboxylic acids is 1. The van der Waals surface area contributed by atoms with Crippen molar-refractivity contribution in [1.29, 1.82) is 0 Å². The lowest BCUT2D eigenvalue weighted by Gasteiger charge is -2.33. The lowest BCUT2D eigenvalue weighted by atomic mass is 9.81. The Morgan fingerprint density at radius 2 is 1.87 bits per heavy atom. The predicted molar refractivity (Wildman–Crippen MR) is 118 cm³/mol. The van der Waals surface area contributed by atoms with Gasteiger partial charge in [-0.15, -0.1) is 0 Å². The van der Waals surface area contributed by atoms with E-state index < -0.39 is 17.3 Å². The number of carbonyl (C=O) groups is 1. The Labute approximate surface area is 184 Å². The van der Waals surface area contributed by atoms with E-state index in [0.717, 1.165) is 5.56 Å². The summed E-state index contributed by atoms with van der Waals surface area (Å²) in [5.74, 6) is -0.981. The third kappa shape index (κ3) is 3.32. The molecule has 0 aliphatic carbocycles. The largest absolute Gasteiger partial charge is 0.494 e. The van der Waals surface area contributed by atoms with Crippen LogP contribution in [0.4, 0.5) is 4.39 Å². The number of primary amides is 1. The fourth-order valence-corrected chi connectivity index (χ4v) is 4.47. The van der Waals surface area contributed by atoms with Gasteiger partial charge in [0.2, 0.25) is 5.91 Å². The molecule has 0 radical (unpaired) electrons. The summed E-state index contributed by atoms with van der Waals surface area (Å²) in [5, 5.41) is 0.269. The second-order valence-corrected chi connectivity index (χ2v) is 8.00. The van der Waals surface area contributed by atoms with Crippen LogP contribution < -0.4 is 20.9 Å². The molecule has 1 amide bonds. The van der Waals surface area contributed by atoms with Gasteiger partial charge in [-0.2, -0.15) is 0 Å². The highest BCUT2D eigenvalue weighted by Crippen LogP contribution is 2.50.